The lowest BCUT2D eigenvalue weighted by atomic mass is 10.2. The van der Waals surface area contributed by atoms with Crippen LogP contribution < -0.4 is 0 Å². The zero-order valence-corrected chi connectivity index (χ0v) is 9.76. The molecular formula is C7H8O8S2. The molecule has 0 saturated heterocycles. The molecule has 0 heterocycles. The van der Waals surface area contributed by atoms with Gasteiger partial charge in [-0.15, -0.1) is 0 Å². The van der Waals surface area contributed by atoms with Crippen LogP contribution >= 0.6 is 0 Å². The van der Waals surface area contributed by atoms with Crippen LogP contribution in [0.1, 0.15) is 11.9 Å². The lowest BCUT2D eigenvalue weighted by Crippen LogP contribution is -2.17. The van der Waals surface area contributed by atoms with E-state index in [1.54, 1.807) is 6.07 Å². The fourth-order valence-corrected chi connectivity index (χ4v) is 1.75. The van der Waals surface area contributed by atoms with Gasteiger partial charge in [-0.1, -0.05) is 30.3 Å². The van der Waals surface area contributed by atoms with Crippen molar-refractivity contribution in [2.24, 2.45) is 0 Å². The van der Waals surface area contributed by atoms with E-state index in [9.17, 15) is 16.8 Å². The summed E-state index contributed by atoms with van der Waals surface area (Å²) in [5, 5.41) is 0. The predicted octanol–water partition coefficient (Wildman–Crippen LogP) is 0.324. The minimum absolute atomic E-state index is 0.0252. The van der Waals surface area contributed by atoms with E-state index in [2.05, 4.69) is 8.37 Å². The summed E-state index contributed by atoms with van der Waals surface area (Å²) in [4.78, 5) is 0. The van der Waals surface area contributed by atoms with Crippen LogP contribution in [0.15, 0.2) is 30.3 Å². The van der Waals surface area contributed by atoms with Crippen LogP contribution in [0.5, 0.6) is 0 Å². The molecule has 10 heteroatoms. The van der Waals surface area contributed by atoms with Gasteiger partial charge in [-0.2, -0.15) is 16.8 Å². The van der Waals surface area contributed by atoms with Gasteiger partial charge in [-0.05, 0) is 0 Å². The number of rotatable bonds is 5. The van der Waals surface area contributed by atoms with Crippen molar-refractivity contribution in [1.82, 2.24) is 0 Å². The molecule has 0 aliphatic heterocycles. The Bertz CT molecular complexity index is 527. The van der Waals surface area contributed by atoms with Crippen LogP contribution in [0.3, 0.4) is 0 Å². The Labute approximate surface area is 97.7 Å². The molecule has 1 aromatic carbocycles. The highest BCUT2D eigenvalue weighted by Gasteiger charge is 2.25. The molecule has 0 atom stereocenters. The summed E-state index contributed by atoms with van der Waals surface area (Å²) in [6, 6.07) is 7.02. The molecule has 0 aromatic heterocycles. The maximum absolute atomic E-state index is 10.5. The summed E-state index contributed by atoms with van der Waals surface area (Å²) in [5.74, 6) is 0. The van der Waals surface area contributed by atoms with E-state index < -0.39 is 27.1 Å². The quantitative estimate of drug-likeness (QED) is 0.584. The Kier molecular flexibility index (Phi) is 4.19. The topological polar surface area (TPSA) is 127 Å². The highest BCUT2D eigenvalue weighted by Crippen LogP contribution is 2.22. The summed E-state index contributed by atoms with van der Waals surface area (Å²) < 4.78 is 66.7. The molecule has 0 unspecified atom stereocenters. The zero-order chi connectivity index (χ0) is 13.1. The van der Waals surface area contributed by atoms with Gasteiger partial charge in [-0.25, -0.2) is 8.37 Å². The third kappa shape index (κ3) is 5.72. The van der Waals surface area contributed by atoms with Crippen molar-refractivity contribution < 1.29 is 34.3 Å². The SMILES string of the molecule is O=S(=O)(O)OC(OS(=O)(=O)O)c1ccccc1. The summed E-state index contributed by atoms with van der Waals surface area (Å²) in [6.45, 7) is 0. The molecule has 0 radical (unpaired) electrons. The van der Waals surface area contributed by atoms with E-state index in [4.69, 9.17) is 9.11 Å². The van der Waals surface area contributed by atoms with Crippen molar-refractivity contribution in [3.8, 4) is 0 Å². The maximum atomic E-state index is 10.5. The molecule has 0 fully saturated rings. The fourth-order valence-electron chi connectivity index (χ4n) is 0.958. The minimum atomic E-state index is -4.94. The Hall–Kier alpha value is -1.04. The van der Waals surface area contributed by atoms with Crippen molar-refractivity contribution in [2.45, 2.75) is 6.29 Å². The van der Waals surface area contributed by atoms with Crippen LogP contribution in [0.4, 0.5) is 0 Å². The number of hydrogen-bond acceptors (Lipinski definition) is 6. The molecule has 8 nitrogen and oxygen atoms in total. The summed E-state index contributed by atoms with van der Waals surface area (Å²) in [5.41, 5.74) is -0.0252. The van der Waals surface area contributed by atoms with Crippen molar-refractivity contribution in [2.75, 3.05) is 0 Å². The van der Waals surface area contributed by atoms with Crippen molar-refractivity contribution in [3.63, 3.8) is 0 Å². The Morgan fingerprint density at radius 3 is 1.65 bits per heavy atom. The molecule has 96 valence electrons. The zero-order valence-electron chi connectivity index (χ0n) is 8.12. The van der Waals surface area contributed by atoms with E-state index in [0.29, 0.717) is 0 Å². The van der Waals surface area contributed by atoms with Gasteiger partial charge in [0, 0.05) is 5.56 Å². The monoisotopic (exact) mass is 284 g/mol. The third-order valence-corrected chi connectivity index (χ3v) is 2.33. The van der Waals surface area contributed by atoms with Gasteiger partial charge in [0.05, 0.1) is 0 Å². The first-order valence-electron chi connectivity index (χ1n) is 4.04. The highest BCUT2D eigenvalue weighted by atomic mass is 32.3. The average molecular weight is 284 g/mol. The standard InChI is InChI=1S/C7H8O8S2/c8-16(9,10)14-7(15-17(11,12)13)6-4-2-1-3-5-6/h1-5,7H,(H,8,9,10)(H,11,12,13). The normalized spacial score (nSPS) is 12.9. The molecule has 2 N–H and O–H groups in total. The van der Waals surface area contributed by atoms with Crippen LogP contribution in [0.2, 0.25) is 0 Å². The second kappa shape index (κ2) is 5.08. The third-order valence-electron chi connectivity index (χ3n) is 1.49. The highest BCUT2D eigenvalue weighted by molar-refractivity contribution is 7.81. The van der Waals surface area contributed by atoms with Crippen LogP contribution in [0, 0.1) is 0 Å². The van der Waals surface area contributed by atoms with Crippen molar-refractivity contribution in [1.29, 1.82) is 0 Å². The smallest absolute Gasteiger partial charge is 0.263 e. The molecule has 1 rings (SSSR count). The van der Waals surface area contributed by atoms with Gasteiger partial charge in [0.15, 0.2) is 0 Å². The predicted molar refractivity (Wildman–Crippen MR) is 54.5 cm³/mol. The van der Waals surface area contributed by atoms with Gasteiger partial charge >= 0.3 is 20.8 Å². The van der Waals surface area contributed by atoms with Crippen molar-refractivity contribution >= 4 is 20.8 Å². The largest absolute Gasteiger partial charge is 0.400 e. The van der Waals surface area contributed by atoms with Gasteiger partial charge in [-0.3, -0.25) is 9.11 Å². The summed E-state index contributed by atoms with van der Waals surface area (Å²) in [6.07, 6.45) is -2.00. The summed E-state index contributed by atoms with van der Waals surface area (Å²) in [7, 11) is -9.89. The van der Waals surface area contributed by atoms with Gasteiger partial charge in [0.2, 0.25) is 6.29 Å². The Morgan fingerprint density at radius 1 is 0.882 bits per heavy atom. The molecule has 0 aliphatic carbocycles. The van der Waals surface area contributed by atoms with E-state index in [0.717, 1.165) is 0 Å². The van der Waals surface area contributed by atoms with Gasteiger partial charge in [0.1, 0.15) is 0 Å². The molecule has 0 spiro atoms. The van der Waals surface area contributed by atoms with E-state index in [1.165, 1.54) is 24.3 Å². The van der Waals surface area contributed by atoms with E-state index in [1.807, 2.05) is 0 Å². The lowest BCUT2D eigenvalue weighted by molar-refractivity contribution is -0.00195. The molecule has 0 aliphatic rings. The first-order chi connectivity index (χ1) is 7.67. The molecule has 0 bridgehead atoms. The Morgan fingerprint density at radius 2 is 1.29 bits per heavy atom. The van der Waals surface area contributed by atoms with Crippen LogP contribution in [-0.4, -0.2) is 25.9 Å². The molecule has 17 heavy (non-hydrogen) atoms. The first-order valence-corrected chi connectivity index (χ1v) is 6.77. The maximum Gasteiger partial charge on any atom is 0.400 e. The molecule has 0 saturated carbocycles. The molecular weight excluding hydrogens is 276 g/mol. The molecule has 1 aromatic rings. The van der Waals surface area contributed by atoms with Gasteiger partial charge in [0.25, 0.3) is 0 Å². The van der Waals surface area contributed by atoms with Crippen molar-refractivity contribution in [3.05, 3.63) is 35.9 Å². The molecule has 0 amide bonds. The van der Waals surface area contributed by atoms with E-state index in [-0.39, 0.29) is 5.56 Å². The van der Waals surface area contributed by atoms with Crippen LogP contribution in [-0.2, 0) is 29.2 Å². The second-order valence-electron chi connectivity index (χ2n) is 2.79. The Balaban J connectivity index is 3.03. The number of hydrogen-bond donors (Lipinski definition) is 2. The fraction of sp³-hybridized carbons (Fsp3) is 0.143. The average Bonchev–Trinajstić information content (AvgIpc) is 2.14. The second-order valence-corrected chi connectivity index (χ2v) is 4.89. The van der Waals surface area contributed by atoms with E-state index >= 15 is 0 Å². The summed E-state index contributed by atoms with van der Waals surface area (Å²) >= 11 is 0. The van der Waals surface area contributed by atoms with Crippen LogP contribution in [0.25, 0.3) is 0 Å². The first kappa shape index (κ1) is 14.0. The minimum Gasteiger partial charge on any atom is -0.263 e. The lowest BCUT2D eigenvalue weighted by Gasteiger charge is -2.13. The number of benzene rings is 1. The van der Waals surface area contributed by atoms with Gasteiger partial charge < -0.3 is 0 Å².